The summed E-state index contributed by atoms with van der Waals surface area (Å²) in [5, 5.41) is 4.72. The monoisotopic (exact) mass is 424 g/mol. The Morgan fingerprint density at radius 3 is 1.96 bits per heavy atom. The Labute approximate surface area is 166 Å². The number of nitrogens with zero attached hydrogens (tertiary/aromatic N) is 2. The molecule has 0 atom stereocenters. The van der Waals surface area contributed by atoms with E-state index in [-0.39, 0.29) is 23.0 Å². The Balaban J connectivity index is 1.78. The van der Waals surface area contributed by atoms with Crippen LogP contribution < -0.4 is 0 Å². The van der Waals surface area contributed by atoms with Gasteiger partial charge in [-0.15, -0.1) is 0 Å². The molecule has 4 nitrogen and oxygen atoms in total. The van der Waals surface area contributed by atoms with Gasteiger partial charge >= 0.3 is 6.18 Å². The predicted molar refractivity (Wildman–Crippen MR) is 97.9 cm³/mol. The molecule has 28 heavy (non-hydrogen) atoms. The first kappa shape index (κ1) is 18.6. The van der Waals surface area contributed by atoms with E-state index in [0.717, 1.165) is 0 Å². The van der Waals surface area contributed by atoms with Crippen LogP contribution in [-0.2, 0) is 6.18 Å². The molecule has 142 valence electrons. The Morgan fingerprint density at radius 2 is 1.39 bits per heavy atom. The second kappa shape index (κ2) is 7.00. The summed E-state index contributed by atoms with van der Waals surface area (Å²) in [4.78, 5) is 4.07. The van der Waals surface area contributed by atoms with E-state index >= 15 is 0 Å². The normalized spacial score (nSPS) is 11.8. The highest BCUT2D eigenvalue weighted by Crippen LogP contribution is 2.41. The van der Waals surface area contributed by atoms with E-state index in [1.54, 1.807) is 48.5 Å². The fourth-order valence-corrected chi connectivity index (χ4v) is 2.82. The summed E-state index contributed by atoms with van der Waals surface area (Å²) in [6, 6.07) is 13.9. The van der Waals surface area contributed by atoms with Crippen molar-refractivity contribution in [1.29, 1.82) is 0 Å². The van der Waals surface area contributed by atoms with Gasteiger partial charge in [0.25, 0.3) is 5.89 Å². The average Bonchev–Trinajstić information content (AvgIpc) is 3.30. The molecule has 2 aromatic heterocycles. The third kappa shape index (κ3) is 3.63. The Morgan fingerprint density at radius 1 is 0.821 bits per heavy atom. The summed E-state index contributed by atoms with van der Waals surface area (Å²) >= 11 is 11.7. The second-order valence-electron chi connectivity index (χ2n) is 5.79. The first-order chi connectivity index (χ1) is 13.3. The maximum Gasteiger partial charge on any atom is 0.450 e. The first-order valence-corrected chi connectivity index (χ1v) is 8.64. The minimum atomic E-state index is -4.74. The van der Waals surface area contributed by atoms with Gasteiger partial charge in [-0.2, -0.15) is 18.2 Å². The van der Waals surface area contributed by atoms with Crippen molar-refractivity contribution in [2.75, 3.05) is 0 Å². The summed E-state index contributed by atoms with van der Waals surface area (Å²) in [5.74, 6) is -1.38. The van der Waals surface area contributed by atoms with E-state index < -0.39 is 11.9 Å². The van der Waals surface area contributed by atoms with E-state index in [0.29, 0.717) is 21.2 Å². The molecule has 2 heterocycles. The van der Waals surface area contributed by atoms with Crippen molar-refractivity contribution in [3.05, 3.63) is 70.4 Å². The lowest BCUT2D eigenvalue weighted by Crippen LogP contribution is -2.04. The van der Waals surface area contributed by atoms with Gasteiger partial charge < -0.3 is 8.94 Å². The fourth-order valence-electron chi connectivity index (χ4n) is 2.57. The highest BCUT2D eigenvalue weighted by molar-refractivity contribution is 6.30. The molecule has 0 amide bonds. The number of rotatable bonds is 3. The molecule has 4 aromatic rings. The van der Waals surface area contributed by atoms with Crippen molar-refractivity contribution in [3.8, 4) is 34.2 Å². The van der Waals surface area contributed by atoms with Gasteiger partial charge in [-0.1, -0.05) is 28.4 Å². The van der Waals surface area contributed by atoms with E-state index in [2.05, 4.69) is 10.1 Å². The van der Waals surface area contributed by atoms with E-state index in [9.17, 15) is 13.2 Å². The lowest BCUT2D eigenvalue weighted by Gasteiger charge is -2.03. The zero-order valence-corrected chi connectivity index (χ0v) is 15.3. The average molecular weight is 425 g/mol. The molecule has 0 bridgehead atoms. The van der Waals surface area contributed by atoms with Crippen LogP contribution in [0.15, 0.2) is 63.5 Å². The lowest BCUT2D eigenvalue weighted by atomic mass is 10.1. The summed E-state index contributed by atoms with van der Waals surface area (Å²) in [6.07, 6.45) is -4.74. The smallest absolute Gasteiger partial charge is 0.450 e. The van der Waals surface area contributed by atoms with Crippen molar-refractivity contribution in [2.24, 2.45) is 0 Å². The number of furan rings is 1. The van der Waals surface area contributed by atoms with Gasteiger partial charge in [0.2, 0.25) is 11.6 Å². The summed E-state index contributed by atoms with van der Waals surface area (Å²) in [6.45, 7) is 0. The quantitative estimate of drug-likeness (QED) is 0.355. The molecule has 4 rings (SSSR count). The number of halogens is 5. The molecule has 0 radical (unpaired) electrons. The minimum absolute atomic E-state index is 0.00485. The molecule has 0 aliphatic heterocycles. The number of benzene rings is 2. The van der Waals surface area contributed by atoms with Crippen LogP contribution in [0.4, 0.5) is 13.2 Å². The second-order valence-corrected chi connectivity index (χ2v) is 6.66. The van der Waals surface area contributed by atoms with Crippen molar-refractivity contribution in [1.82, 2.24) is 10.1 Å². The van der Waals surface area contributed by atoms with Gasteiger partial charge in [0.15, 0.2) is 0 Å². The van der Waals surface area contributed by atoms with Crippen LogP contribution in [0, 0.1) is 0 Å². The first-order valence-electron chi connectivity index (χ1n) is 7.88. The van der Waals surface area contributed by atoms with Crippen molar-refractivity contribution in [3.63, 3.8) is 0 Å². The van der Waals surface area contributed by atoms with Crippen LogP contribution in [0.1, 0.15) is 5.76 Å². The molecule has 0 saturated heterocycles. The third-order valence-corrected chi connectivity index (χ3v) is 4.38. The van der Waals surface area contributed by atoms with Crippen LogP contribution in [0.5, 0.6) is 0 Å². The summed E-state index contributed by atoms with van der Waals surface area (Å²) in [5.41, 5.74) is 0.637. The van der Waals surface area contributed by atoms with E-state index in [1.165, 1.54) is 6.07 Å². The highest BCUT2D eigenvalue weighted by Gasteiger charge is 2.40. The standard InChI is InChI=1S/C19H9Cl2F3N2O2/c20-12-5-1-10(2-6-12)15-9-14(16(27-15)19(22,23)24)18-25-17(26-28-18)11-3-7-13(21)8-4-11/h1-9H. The molecular weight excluding hydrogens is 416 g/mol. The van der Waals surface area contributed by atoms with Crippen molar-refractivity contribution < 1.29 is 22.1 Å². The maximum absolute atomic E-state index is 13.5. The highest BCUT2D eigenvalue weighted by atomic mass is 35.5. The Hall–Kier alpha value is -2.77. The van der Waals surface area contributed by atoms with Gasteiger partial charge in [-0.05, 0) is 54.6 Å². The Bertz CT molecular complexity index is 1120. The van der Waals surface area contributed by atoms with Crippen LogP contribution in [0.3, 0.4) is 0 Å². The van der Waals surface area contributed by atoms with Gasteiger partial charge in [0.1, 0.15) is 5.76 Å². The molecule has 0 fully saturated rings. The fraction of sp³-hybridized carbons (Fsp3) is 0.0526. The largest absolute Gasteiger partial charge is 0.451 e. The van der Waals surface area contributed by atoms with Crippen molar-refractivity contribution >= 4 is 23.2 Å². The molecule has 0 aliphatic carbocycles. The van der Waals surface area contributed by atoms with Gasteiger partial charge in [0.05, 0.1) is 5.56 Å². The van der Waals surface area contributed by atoms with Crippen molar-refractivity contribution in [2.45, 2.75) is 6.18 Å². The zero-order valence-electron chi connectivity index (χ0n) is 13.8. The molecular formula is C19H9Cl2F3N2O2. The molecule has 2 aromatic carbocycles. The molecule has 0 saturated carbocycles. The van der Waals surface area contributed by atoms with Gasteiger partial charge in [-0.25, -0.2) is 0 Å². The van der Waals surface area contributed by atoms with Crippen LogP contribution in [-0.4, -0.2) is 10.1 Å². The SMILES string of the molecule is FC(F)(F)c1oc(-c2ccc(Cl)cc2)cc1-c1nc(-c2ccc(Cl)cc2)no1. The molecule has 0 N–H and O–H groups in total. The van der Waals surface area contributed by atoms with E-state index in [1.807, 2.05) is 0 Å². The summed E-state index contributed by atoms with van der Waals surface area (Å²) < 4.78 is 50.6. The predicted octanol–water partition coefficient (Wildman–Crippen LogP) is 6.99. The Kier molecular flexibility index (Phi) is 4.64. The number of hydrogen-bond donors (Lipinski definition) is 0. The third-order valence-electron chi connectivity index (χ3n) is 3.88. The van der Waals surface area contributed by atoms with Gasteiger partial charge in [-0.3, -0.25) is 0 Å². The molecule has 0 spiro atoms. The number of alkyl halides is 3. The lowest BCUT2D eigenvalue weighted by molar-refractivity contribution is -0.152. The number of aromatic nitrogens is 2. The minimum Gasteiger partial charge on any atom is -0.451 e. The van der Waals surface area contributed by atoms with E-state index in [4.69, 9.17) is 32.1 Å². The molecule has 9 heteroatoms. The number of hydrogen-bond acceptors (Lipinski definition) is 4. The van der Waals surface area contributed by atoms with Crippen LogP contribution >= 0.6 is 23.2 Å². The summed E-state index contributed by atoms with van der Waals surface area (Å²) in [7, 11) is 0. The van der Waals surface area contributed by atoms with Gasteiger partial charge in [0, 0.05) is 21.2 Å². The molecule has 0 unspecified atom stereocenters. The van der Waals surface area contributed by atoms with Crippen LogP contribution in [0.2, 0.25) is 10.0 Å². The topological polar surface area (TPSA) is 52.1 Å². The molecule has 0 aliphatic rings. The van der Waals surface area contributed by atoms with Crippen LogP contribution in [0.25, 0.3) is 34.2 Å². The zero-order chi connectivity index (χ0) is 19.9. The maximum atomic E-state index is 13.5.